The second-order valence-corrected chi connectivity index (χ2v) is 6.90. The molecule has 0 bridgehead atoms. The third-order valence-electron chi connectivity index (χ3n) is 4.45. The first-order valence-electron chi connectivity index (χ1n) is 9.94. The smallest absolute Gasteiger partial charge is 0.625 e. The van der Waals surface area contributed by atoms with Crippen molar-refractivity contribution in [2.24, 2.45) is 0 Å². The van der Waals surface area contributed by atoms with E-state index in [1.807, 2.05) is 0 Å². The van der Waals surface area contributed by atoms with Gasteiger partial charge in [0, 0.05) is 25.9 Å². The quantitative estimate of drug-likeness (QED) is 0.197. The molecule has 0 spiro atoms. The number of benzene rings is 1. The molecule has 1 aliphatic rings. The van der Waals surface area contributed by atoms with E-state index < -0.39 is 5.91 Å². The van der Waals surface area contributed by atoms with Gasteiger partial charge in [0.2, 0.25) is 17.7 Å². The number of aldehydes is 1. The van der Waals surface area contributed by atoms with E-state index in [0.29, 0.717) is 37.2 Å². The fourth-order valence-electron chi connectivity index (χ4n) is 2.80. The Kier molecular flexibility index (Phi) is 13.9. The predicted octanol–water partition coefficient (Wildman–Crippen LogP) is -1.58. The van der Waals surface area contributed by atoms with Crippen LogP contribution in [0.2, 0.25) is 0 Å². The minimum absolute atomic E-state index is 0. The molecule has 9 nitrogen and oxygen atoms in total. The van der Waals surface area contributed by atoms with E-state index in [0.717, 1.165) is 25.5 Å². The number of rotatable bonds is 13. The second-order valence-electron chi connectivity index (χ2n) is 6.90. The molecule has 0 aromatic heterocycles. The Morgan fingerprint density at radius 1 is 1.16 bits per heavy atom. The number of β-lactam (4-membered cyclic amide) rings is 1. The molecule has 1 aromatic rings. The van der Waals surface area contributed by atoms with E-state index in [9.17, 15) is 24.0 Å². The van der Waals surface area contributed by atoms with Crippen molar-refractivity contribution in [2.75, 3.05) is 26.3 Å². The number of carbonyl (C=O) groups excluding carboxylic acids is 5. The Hall–Kier alpha value is -1.26. The summed E-state index contributed by atoms with van der Waals surface area (Å²) in [7, 11) is 0. The zero-order chi connectivity index (χ0) is 21.8. The van der Waals surface area contributed by atoms with Crippen LogP contribution in [-0.2, 0) is 35.1 Å². The SMILES string of the molecule is O=CCCCCCNC(=O)COCC(=O)[N-]c1cccc(CC(=O)N2CCC2=O)c1.[Rb+]. The van der Waals surface area contributed by atoms with Crippen molar-refractivity contribution in [3.8, 4) is 0 Å². The predicted molar refractivity (Wildman–Crippen MR) is 108 cm³/mol. The van der Waals surface area contributed by atoms with Gasteiger partial charge < -0.3 is 25.0 Å². The summed E-state index contributed by atoms with van der Waals surface area (Å²) in [6.07, 6.45) is 4.30. The Labute approximate surface area is 230 Å². The van der Waals surface area contributed by atoms with Gasteiger partial charge in [0.25, 0.3) is 0 Å². The van der Waals surface area contributed by atoms with Gasteiger partial charge in [-0.05, 0) is 18.4 Å². The van der Waals surface area contributed by atoms with Crippen molar-refractivity contribution in [1.82, 2.24) is 10.2 Å². The van der Waals surface area contributed by atoms with Crippen LogP contribution in [0, 0.1) is 0 Å². The first-order valence-corrected chi connectivity index (χ1v) is 9.94. The molecular formula is C21H26N3O6Rb. The van der Waals surface area contributed by atoms with E-state index in [2.05, 4.69) is 10.6 Å². The van der Waals surface area contributed by atoms with Gasteiger partial charge in [0.15, 0.2) is 0 Å². The fourth-order valence-corrected chi connectivity index (χ4v) is 2.80. The average molecular weight is 502 g/mol. The van der Waals surface area contributed by atoms with Crippen molar-refractivity contribution < 1.29 is 86.9 Å². The molecule has 0 unspecified atom stereocenters. The maximum Gasteiger partial charge on any atom is 1.00 e. The molecular weight excluding hydrogens is 476 g/mol. The van der Waals surface area contributed by atoms with Crippen molar-refractivity contribution >= 4 is 35.6 Å². The number of nitrogens with zero attached hydrogens (tertiary/aromatic N) is 2. The van der Waals surface area contributed by atoms with Crippen LogP contribution in [0.1, 0.15) is 37.7 Å². The van der Waals surface area contributed by atoms with Crippen LogP contribution in [0.3, 0.4) is 0 Å². The second kappa shape index (κ2) is 15.5. The van der Waals surface area contributed by atoms with E-state index in [-0.39, 0.29) is 95.5 Å². The molecule has 1 saturated heterocycles. The van der Waals surface area contributed by atoms with Crippen LogP contribution in [0.25, 0.3) is 5.32 Å². The zero-order valence-electron chi connectivity index (χ0n) is 17.8. The molecule has 0 saturated carbocycles. The van der Waals surface area contributed by atoms with Crippen molar-refractivity contribution in [2.45, 2.75) is 38.5 Å². The van der Waals surface area contributed by atoms with Gasteiger partial charge >= 0.3 is 58.2 Å². The molecule has 4 amide bonds. The van der Waals surface area contributed by atoms with Crippen LogP contribution in [-0.4, -0.2) is 61.1 Å². The topological polar surface area (TPSA) is 124 Å². The number of ether oxygens (including phenoxy) is 1. The summed E-state index contributed by atoms with van der Waals surface area (Å²) in [6, 6.07) is 6.64. The molecule has 1 aliphatic heterocycles. The Balaban J connectivity index is 0.00000480. The summed E-state index contributed by atoms with van der Waals surface area (Å²) >= 11 is 0. The van der Waals surface area contributed by atoms with Gasteiger partial charge in [0.05, 0.1) is 18.9 Å². The summed E-state index contributed by atoms with van der Waals surface area (Å²) in [6.45, 7) is 0.366. The summed E-state index contributed by atoms with van der Waals surface area (Å²) < 4.78 is 5.09. The number of nitrogens with one attached hydrogen (secondary N) is 1. The third-order valence-corrected chi connectivity index (χ3v) is 4.45. The van der Waals surface area contributed by atoms with Gasteiger partial charge in [-0.15, -0.1) is 5.69 Å². The van der Waals surface area contributed by atoms with E-state index in [4.69, 9.17) is 4.74 Å². The van der Waals surface area contributed by atoms with Gasteiger partial charge in [-0.2, -0.15) is 0 Å². The summed E-state index contributed by atoms with van der Waals surface area (Å²) in [5.74, 6) is -1.31. The first kappa shape index (κ1) is 27.8. The number of amides is 4. The van der Waals surface area contributed by atoms with Gasteiger partial charge in [-0.3, -0.25) is 19.3 Å². The Morgan fingerprint density at radius 3 is 2.65 bits per heavy atom. The number of carbonyl (C=O) groups is 5. The molecule has 1 heterocycles. The Bertz CT molecular complexity index is 786. The molecule has 1 aromatic carbocycles. The molecule has 0 radical (unpaired) electrons. The van der Waals surface area contributed by atoms with Crippen LogP contribution < -0.4 is 63.5 Å². The molecule has 0 aliphatic carbocycles. The number of hydrogen-bond acceptors (Lipinski definition) is 6. The number of unbranched alkanes of at least 4 members (excludes halogenated alkanes) is 3. The largest absolute Gasteiger partial charge is 1.00 e. The van der Waals surface area contributed by atoms with E-state index in [1.54, 1.807) is 24.3 Å². The summed E-state index contributed by atoms with van der Waals surface area (Å²) in [5.41, 5.74) is 1.03. The van der Waals surface area contributed by atoms with Crippen LogP contribution in [0.15, 0.2) is 24.3 Å². The number of likely N-dealkylation sites (tertiary alicyclic amines) is 1. The van der Waals surface area contributed by atoms with Crippen LogP contribution >= 0.6 is 0 Å². The monoisotopic (exact) mass is 501 g/mol. The maximum absolute atomic E-state index is 12.0. The minimum Gasteiger partial charge on any atom is -0.625 e. The number of imide groups is 1. The summed E-state index contributed by atoms with van der Waals surface area (Å²) in [5, 5.41) is 6.58. The zero-order valence-corrected chi connectivity index (χ0v) is 22.7. The molecule has 1 N–H and O–H groups in total. The van der Waals surface area contributed by atoms with E-state index >= 15 is 0 Å². The molecule has 1 fully saturated rings. The van der Waals surface area contributed by atoms with Crippen molar-refractivity contribution in [3.63, 3.8) is 0 Å². The molecule has 0 atom stereocenters. The average Bonchev–Trinajstić information content (AvgIpc) is 2.69. The minimum atomic E-state index is -0.543. The molecule has 162 valence electrons. The third kappa shape index (κ3) is 10.7. The van der Waals surface area contributed by atoms with Crippen LogP contribution in [0.4, 0.5) is 5.69 Å². The van der Waals surface area contributed by atoms with Crippen molar-refractivity contribution in [1.29, 1.82) is 0 Å². The first-order chi connectivity index (χ1) is 14.5. The van der Waals surface area contributed by atoms with Gasteiger partial charge in [-0.1, -0.05) is 30.7 Å². The van der Waals surface area contributed by atoms with Gasteiger partial charge in [-0.25, -0.2) is 0 Å². The molecule has 10 heteroatoms. The maximum atomic E-state index is 12.0. The van der Waals surface area contributed by atoms with Gasteiger partial charge in [0.1, 0.15) is 12.9 Å². The van der Waals surface area contributed by atoms with Crippen LogP contribution in [0.5, 0.6) is 0 Å². The number of hydrogen-bond donors (Lipinski definition) is 1. The molecule has 2 rings (SSSR count). The normalized spacial score (nSPS) is 12.4. The molecule has 31 heavy (non-hydrogen) atoms. The Morgan fingerprint density at radius 2 is 1.97 bits per heavy atom. The summed E-state index contributed by atoms with van der Waals surface area (Å²) in [4.78, 5) is 58.3. The van der Waals surface area contributed by atoms with E-state index in [1.165, 1.54) is 4.90 Å². The van der Waals surface area contributed by atoms with Crippen molar-refractivity contribution in [3.05, 3.63) is 35.1 Å². The fraction of sp³-hybridized carbons (Fsp3) is 0.476. The standard InChI is InChI=1S/C21H27N3O6.Rb/c25-11-4-2-1-3-9-22-18(26)14-30-15-19(27)23-17-7-5-6-16(12-17)13-21(29)24-10-8-20(24)28;/h5-7,11-12H,1-4,8-10,13-15H2,(H2,22,23,26,27);/q;+1/p-1.